The molecule has 1 N–H and O–H groups in total. The number of rotatable bonds is 5. The minimum absolute atomic E-state index is 0.0518. The van der Waals surface area contributed by atoms with Gasteiger partial charge in [-0.3, -0.25) is 4.79 Å². The van der Waals surface area contributed by atoms with Gasteiger partial charge in [0.2, 0.25) is 5.91 Å². The van der Waals surface area contributed by atoms with Gasteiger partial charge in [0.1, 0.15) is 0 Å². The van der Waals surface area contributed by atoms with Crippen molar-refractivity contribution in [3.63, 3.8) is 0 Å². The third kappa shape index (κ3) is 4.07. The van der Waals surface area contributed by atoms with Gasteiger partial charge in [-0.25, -0.2) is 0 Å². The van der Waals surface area contributed by atoms with Gasteiger partial charge in [-0.05, 0) is 29.5 Å². The van der Waals surface area contributed by atoms with Gasteiger partial charge >= 0.3 is 0 Å². The number of amides is 1. The Labute approximate surface area is 117 Å². The molecule has 0 saturated heterocycles. The maximum atomic E-state index is 11.9. The molecule has 2 rings (SSSR count). The number of hydrogen-bond acceptors (Lipinski definition) is 2. The lowest BCUT2D eigenvalue weighted by Gasteiger charge is -2.13. The van der Waals surface area contributed by atoms with Crippen molar-refractivity contribution in [2.75, 3.05) is 0 Å². The molecule has 1 heterocycles. The second kappa shape index (κ2) is 6.90. The van der Waals surface area contributed by atoms with Gasteiger partial charge < -0.3 is 5.32 Å². The zero-order valence-electron chi connectivity index (χ0n) is 10.9. The highest BCUT2D eigenvalue weighted by Gasteiger charge is 2.11. The summed E-state index contributed by atoms with van der Waals surface area (Å²) >= 11 is 1.67. The molecule has 0 spiro atoms. The molecule has 1 amide bonds. The number of nitrogens with one attached hydrogen (secondary N) is 1. The summed E-state index contributed by atoms with van der Waals surface area (Å²) in [5.41, 5.74) is 1.03. The Morgan fingerprint density at radius 2 is 2.05 bits per heavy atom. The molecule has 19 heavy (non-hydrogen) atoms. The predicted octanol–water partition coefficient (Wildman–Crippen LogP) is 4.03. The smallest absolute Gasteiger partial charge is 0.244 e. The summed E-state index contributed by atoms with van der Waals surface area (Å²) in [6.45, 7) is 2.07. The van der Waals surface area contributed by atoms with E-state index < -0.39 is 0 Å². The Hall–Kier alpha value is -1.87. The van der Waals surface area contributed by atoms with Crippen molar-refractivity contribution >= 4 is 23.3 Å². The lowest BCUT2D eigenvalue weighted by Crippen LogP contribution is -2.25. The van der Waals surface area contributed by atoms with Crippen LogP contribution in [0.2, 0.25) is 0 Å². The number of thiophene rings is 1. The third-order valence-electron chi connectivity index (χ3n) is 2.84. The van der Waals surface area contributed by atoms with Crippen LogP contribution in [0.5, 0.6) is 0 Å². The highest BCUT2D eigenvalue weighted by atomic mass is 32.1. The molecule has 1 atom stereocenters. The second-order valence-corrected chi connectivity index (χ2v) is 5.21. The van der Waals surface area contributed by atoms with Gasteiger partial charge in [0.15, 0.2) is 0 Å². The largest absolute Gasteiger partial charge is 0.345 e. The molecule has 98 valence electrons. The fraction of sp³-hybridized carbons (Fsp3) is 0.188. The van der Waals surface area contributed by atoms with Crippen LogP contribution in [0, 0.1) is 0 Å². The highest BCUT2D eigenvalue weighted by Crippen LogP contribution is 2.21. The van der Waals surface area contributed by atoms with E-state index in [4.69, 9.17) is 0 Å². The van der Waals surface area contributed by atoms with Gasteiger partial charge in [-0.15, -0.1) is 11.3 Å². The van der Waals surface area contributed by atoms with Gasteiger partial charge in [0.25, 0.3) is 0 Å². The van der Waals surface area contributed by atoms with Crippen LogP contribution in [0.15, 0.2) is 53.9 Å². The monoisotopic (exact) mass is 271 g/mol. The van der Waals surface area contributed by atoms with E-state index in [0.717, 1.165) is 12.0 Å². The predicted molar refractivity (Wildman–Crippen MR) is 81.0 cm³/mol. The number of carbonyl (C=O) groups excluding carboxylic acids is 1. The van der Waals surface area contributed by atoms with Crippen molar-refractivity contribution in [2.24, 2.45) is 0 Å². The minimum Gasteiger partial charge on any atom is -0.345 e. The first-order valence-electron chi connectivity index (χ1n) is 6.36. The zero-order chi connectivity index (χ0) is 13.5. The Bertz CT molecular complexity index is 531. The van der Waals surface area contributed by atoms with Crippen LogP contribution in [0.1, 0.15) is 29.8 Å². The Morgan fingerprint density at radius 1 is 1.26 bits per heavy atom. The summed E-state index contributed by atoms with van der Waals surface area (Å²) in [6, 6.07) is 14.0. The van der Waals surface area contributed by atoms with Crippen LogP contribution in [0.25, 0.3) is 6.08 Å². The van der Waals surface area contributed by atoms with Gasteiger partial charge in [0.05, 0.1) is 6.04 Å². The molecule has 0 unspecified atom stereocenters. The molecular weight excluding hydrogens is 254 g/mol. The summed E-state index contributed by atoms with van der Waals surface area (Å²) in [5.74, 6) is -0.0518. The summed E-state index contributed by atoms with van der Waals surface area (Å²) in [5, 5.41) is 5.06. The van der Waals surface area contributed by atoms with E-state index in [9.17, 15) is 4.79 Å². The van der Waals surface area contributed by atoms with E-state index in [2.05, 4.69) is 18.3 Å². The van der Waals surface area contributed by atoms with E-state index in [1.165, 1.54) is 4.88 Å². The van der Waals surface area contributed by atoms with Crippen molar-refractivity contribution in [1.82, 2.24) is 5.32 Å². The summed E-state index contributed by atoms with van der Waals surface area (Å²) in [7, 11) is 0. The molecule has 2 aromatic rings. The van der Waals surface area contributed by atoms with Crippen LogP contribution in [-0.4, -0.2) is 5.91 Å². The molecule has 3 heteroatoms. The summed E-state index contributed by atoms with van der Waals surface area (Å²) in [6.07, 6.45) is 4.31. The van der Waals surface area contributed by atoms with E-state index in [-0.39, 0.29) is 11.9 Å². The van der Waals surface area contributed by atoms with Crippen molar-refractivity contribution in [1.29, 1.82) is 0 Å². The van der Waals surface area contributed by atoms with Crippen molar-refractivity contribution in [3.05, 3.63) is 64.4 Å². The van der Waals surface area contributed by atoms with Crippen LogP contribution < -0.4 is 5.32 Å². The van der Waals surface area contributed by atoms with Gasteiger partial charge in [-0.1, -0.05) is 43.3 Å². The van der Waals surface area contributed by atoms with Crippen LogP contribution in [-0.2, 0) is 4.79 Å². The van der Waals surface area contributed by atoms with E-state index in [1.807, 2.05) is 47.9 Å². The van der Waals surface area contributed by atoms with Crippen LogP contribution in [0.4, 0.5) is 0 Å². The zero-order valence-corrected chi connectivity index (χ0v) is 11.7. The highest BCUT2D eigenvalue weighted by molar-refractivity contribution is 7.10. The van der Waals surface area contributed by atoms with Crippen molar-refractivity contribution in [2.45, 2.75) is 19.4 Å². The Balaban J connectivity index is 1.95. The maximum absolute atomic E-state index is 11.9. The molecular formula is C16H17NOS. The molecule has 0 saturated carbocycles. The van der Waals surface area contributed by atoms with Crippen molar-refractivity contribution in [3.8, 4) is 0 Å². The molecule has 0 aliphatic carbocycles. The maximum Gasteiger partial charge on any atom is 0.244 e. The third-order valence-corrected chi connectivity index (χ3v) is 3.82. The quantitative estimate of drug-likeness (QED) is 0.817. The number of carbonyl (C=O) groups is 1. The number of hydrogen-bond donors (Lipinski definition) is 1. The minimum atomic E-state index is -0.0518. The molecule has 1 aromatic carbocycles. The first-order valence-corrected chi connectivity index (χ1v) is 7.24. The molecule has 0 bridgehead atoms. The SMILES string of the molecule is CC[C@@H](NC(=O)/C=C/c1ccccc1)c1cccs1. The molecule has 0 aliphatic rings. The lowest BCUT2D eigenvalue weighted by atomic mass is 10.2. The van der Waals surface area contributed by atoms with Crippen molar-refractivity contribution < 1.29 is 4.79 Å². The van der Waals surface area contributed by atoms with E-state index in [0.29, 0.717) is 0 Å². The summed E-state index contributed by atoms with van der Waals surface area (Å²) in [4.78, 5) is 13.1. The number of benzene rings is 1. The normalized spacial score (nSPS) is 12.5. The first kappa shape index (κ1) is 13.6. The molecule has 0 aliphatic heterocycles. The summed E-state index contributed by atoms with van der Waals surface area (Å²) < 4.78 is 0. The van der Waals surface area contributed by atoms with Gasteiger partial charge in [0, 0.05) is 11.0 Å². The Kier molecular flexibility index (Phi) is 4.93. The Morgan fingerprint density at radius 3 is 2.68 bits per heavy atom. The lowest BCUT2D eigenvalue weighted by molar-refractivity contribution is -0.117. The molecule has 0 radical (unpaired) electrons. The molecule has 1 aromatic heterocycles. The van der Waals surface area contributed by atoms with E-state index in [1.54, 1.807) is 17.4 Å². The van der Waals surface area contributed by atoms with E-state index >= 15 is 0 Å². The topological polar surface area (TPSA) is 29.1 Å². The molecule has 0 fully saturated rings. The standard InChI is InChI=1S/C16H17NOS/c1-2-14(15-9-6-12-19-15)17-16(18)11-10-13-7-4-3-5-8-13/h3-12,14H,2H2,1H3,(H,17,18)/b11-10+/t14-/m1/s1. The first-order chi connectivity index (χ1) is 9.29. The molecule has 2 nitrogen and oxygen atoms in total. The average Bonchev–Trinajstić information content (AvgIpc) is 2.97. The van der Waals surface area contributed by atoms with Crippen LogP contribution >= 0.6 is 11.3 Å². The van der Waals surface area contributed by atoms with Gasteiger partial charge in [-0.2, -0.15) is 0 Å². The fourth-order valence-electron chi connectivity index (χ4n) is 1.82. The fourth-order valence-corrected chi connectivity index (χ4v) is 2.68. The van der Waals surface area contributed by atoms with Crippen LogP contribution in [0.3, 0.4) is 0 Å². The second-order valence-electron chi connectivity index (χ2n) is 4.23. The average molecular weight is 271 g/mol.